The van der Waals surface area contributed by atoms with E-state index in [1.165, 1.54) is 12.4 Å². The Balaban J connectivity index is 1.26. The van der Waals surface area contributed by atoms with Crippen LogP contribution in [0.25, 0.3) is 0 Å². The van der Waals surface area contributed by atoms with Crippen LogP contribution in [0, 0.1) is 11.6 Å². The molecule has 0 spiro atoms. The van der Waals surface area contributed by atoms with Gasteiger partial charge in [0.25, 0.3) is 5.91 Å². The summed E-state index contributed by atoms with van der Waals surface area (Å²) in [5.41, 5.74) is -0.690. The van der Waals surface area contributed by atoms with Gasteiger partial charge in [-0.05, 0) is 64.3 Å². The minimum Gasteiger partial charge on any atom is -0.444 e. The molecule has 2 atom stereocenters. The molecule has 5 rings (SSSR count). The van der Waals surface area contributed by atoms with Crippen LogP contribution in [0.1, 0.15) is 88.0 Å². The van der Waals surface area contributed by atoms with Gasteiger partial charge in [0.2, 0.25) is 5.95 Å². The number of aromatic nitrogens is 4. The molecule has 2 amide bonds. The molecular formula is C32H42F2N8O4. The van der Waals surface area contributed by atoms with Crippen LogP contribution < -0.4 is 15.1 Å². The molecule has 0 saturated carbocycles. The van der Waals surface area contributed by atoms with Gasteiger partial charge in [-0.15, -0.1) is 0 Å². The van der Waals surface area contributed by atoms with Crippen molar-refractivity contribution in [1.29, 1.82) is 0 Å². The number of rotatable bonds is 7. The summed E-state index contributed by atoms with van der Waals surface area (Å²) in [6.07, 6.45) is 3.68. The van der Waals surface area contributed by atoms with Crippen LogP contribution in [0.2, 0.25) is 0 Å². The van der Waals surface area contributed by atoms with E-state index in [1.807, 2.05) is 18.7 Å². The van der Waals surface area contributed by atoms with Crippen molar-refractivity contribution in [3.63, 3.8) is 0 Å². The fraction of sp³-hybridized carbons (Fsp3) is 0.562. The lowest BCUT2D eigenvalue weighted by Crippen LogP contribution is -2.54. The van der Waals surface area contributed by atoms with Gasteiger partial charge in [0, 0.05) is 63.0 Å². The molecule has 1 aromatic carbocycles. The number of hydrogen-bond acceptors (Lipinski definition) is 10. The predicted octanol–water partition coefficient (Wildman–Crippen LogP) is 4.89. The molecule has 0 aliphatic carbocycles. The third-order valence-corrected chi connectivity index (χ3v) is 8.72. The van der Waals surface area contributed by atoms with Gasteiger partial charge in [-0.1, -0.05) is 19.0 Å². The maximum absolute atomic E-state index is 14.9. The molecular weight excluding hydrogens is 598 g/mol. The van der Waals surface area contributed by atoms with Crippen molar-refractivity contribution in [2.45, 2.75) is 83.4 Å². The number of anilines is 2. The lowest BCUT2D eigenvalue weighted by atomic mass is 9.87. The summed E-state index contributed by atoms with van der Waals surface area (Å²) in [5, 5.41) is 6.87. The average Bonchev–Trinajstić information content (AvgIpc) is 3.65. The highest BCUT2D eigenvalue weighted by Crippen LogP contribution is 2.33. The number of nitrogens with one attached hydrogen (secondary N) is 1. The Kier molecular flexibility index (Phi) is 9.19. The first-order valence-electron chi connectivity index (χ1n) is 15.5. The molecule has 2 saturated heterocycles. The number of hydrogen-bond donors (Lipinski definition) is 1. The fourth-order valence-electron chi connectivity index (χ4n) is 5.82. The zero-order valence-electron chi connectivity index (χ0n) is 27.4. The van der Waals surface area contributed by atoms with Crippen LogP contribution in [-0.4, -0.2) is 87.4 Å². The average molecular weight is 641 g/mol. The van der Waals surface area contributed by atoms with Gasteiger partial charge in [0.05, 0.1) is 11.6 Å². The molecule has 2 aromatic heterocycles. The topological polar surface area (TPSA) is 130 Å². The van der Waals surface area contributed by atoms with E-state index < -0.39 is 40.8 Å². The lowest BCUT2D eigenvalue weighted by Gasteiger charge is -2.44. The number of alkyl carbamates (subject to hydrolysis) is 1. The quantitative estimate of drug-likeness (QED) is 0.381. The van der Waals surface area contributed by atoms with Crippen molar-refractivity contribution in [2.75, 3.05) is 43.0 Å². The number of nitrogens with zero attached hydrogens (tertiary/aromatic N) is 7. The number of halogens is 2. The van der Waals surface area contributed by atoms with E-state index in [1.54, 1.807) is 37.6 Å². The van der Waals surface area contributed by atoms with Crippen molar-refractivity contribution < 1.29 is 27.6 Å². The van der Waals surface area contributed by atoms with Gasteiger partial charge in [-0.25, -0.2) is 23.5 Å². The molecule has 3 aromatic rings. The SMILES string of the molecule is CC(C)c1noc(N2CCC(C)(N(C)C(=O)c3cnc(N4CC(NC(=O)OC(C)(C)C)C(c5cc(F)ccc5F)C4)nc3)CC2)n1. The van der Waals surface area contributed by atoms with E-state index in [-0.39, 0.29) is 30.5 Å². The predicted molar refractivity (Wildman–Crippen MR) is 167 cm³/mol. The zero-order chi connectivity index (χ0) is 33.4. The van der Waals surface area contributed by atoms with Crippen molar-refractivity contribution in [2.24, 2.45) is 0 Å². The second kappa shape index (κ2) is 12.8. The summed E-state index contributed by atoms with van der Waals surface area (Å²) in [4.78, 5) is 45.1. The zero-order valence-corrected chi connectivity index (χ0v) is 27.4. The molecule has 0 radical (unpaired) electrons. The minimum atomic E-state index is -0.736. The van der Waals surface area contributed by atoms with Gasteiger partial charge in [-0.2, -0.15) is 4.98 Å². The number of piperidine rings is 1. The van der Waals surface area contributed by atoms with Gasteiger partial charge < -0.3 is 29.3 Å². The highest BCUT2D eigenvalue weighted by Gasteiger charge is 2.40. The van der Waals surface area contributed by atoms with Gasteiger partial charge in [0.1, 0.15) is 17.2 Å². The summed E-state index contributed by atoms with van der Waals surface area (Å²) < 4.78 is 39.9. The molecule has 14 heteroatoms. The van der Waals surface area contributed by atoms with E-state index in [4.69, 9.17) is 9.26 Å². The molecule has 2 aliphatic heterocycles. The number of ether oxygens (including phenoxy) is 1. The molecule has 2 aliphatic rings. The fourth-order valence-corrected chi connectivity index (χ4v) is 5.82. The largest absolute Gasteiger partial charge is 0.444 e. The Bertz CT molecular complexity index is 1550. The van der Waals surface area contributed by atoms with Crippen LogP contribution in [0.3, 0.4) is 0 Å². The number of benzene rings is 1. The molecule has 4 heterocycles. The Morgan fingerprint density at radius 2 is 1.78 bits per heavy atom. The van der Waals surface area contributed by atoms with Crippen molar-refractivity contribution in [3.05, 3.63) is 59.2 Å². The molecule has 2 fully saturated rings. The van der Waals surface area contributed by atoms with Crippen LogP contribution >= 0.6 is 0 Å². The van der Waals surface area contributed by atoms with Crippen molar-refractivity contribution in [3.8, 4) is 0 Å². The molecule has 12 nitrogen and oxygen atoms in total. The second-order valence-corrected chi connectivity index (χ2v) is 13.6. The Labute approximate surface area is 267 Å². The van der Waals surface area contributed by atoms with E-state index in [9.17, 15) is 18.4 Å². The highest BCUT2D eigenvalue weighted by atomic mass is 19.1. The smallest absolute Gasteiger partial charge is 0.407 e. The Morgan fingerprint density at radius 3 is 2.39 bits per heavy atom. The number of amides is 2. The summed E-state index contributed by atoms with van der Waals surface area (Å²) in [5.74, 6) is -0.839. The standard InChI is InChI=1S/C32H42F2N8O4/c1-19(2)26-38-29(46-39-26)41-12-10-32(6,11-13-41)40(7)27(43)20-15-35-28(36-16-20)42-17-23(22-14-21(33)8-9-24(22)34)25(18-42)37-30(44)45-31(3,4)5/h8-9,14-16,19,23,25H,10-13,17-18H2,1-7H3,(H,37,44). The monoisotopic (exact) mass is 640 g/mol. The first-order valence-corrected chi connectivity index (χ1v) is 15.5. The van der Waals surface area contributed by atoms with Gasteiger partial charge in [0.15, 0.2) is 5.82 Å². The Hall–Kier alpha value is -4.36. The van der Waals surface area contributed by atoms with Crippen LogP contribution in [0.5, 0.6) is 0 Å². The van der Waals surface area contributed by atoms with Crippen LogP contribution in [0.4, 0.5) is 25.5 Å². The van der Waals surface area contributed by atoms with Gasteiger partial charge >= 0.3 is 12.1 Å². The number of carbonyl (C=O) groups excluding carboxylic acids is 2. The van der Waals surface area contributed by atoms with E-state index >= 15 is 0 Å². The second-order valence-electron chi connectivity index (χ2n) is 13.6. The first kappa shape index (κ1) is 33.0. The normalized spacial score (nSPS) is 19.8. The third-order valence-electron chi connectivity index (χ3n) is 8.72. The summed E-state index contributed by atoms with van der Waals surface area (Å²) in [6.45, 7) is 13.0. The maximum atomic E-state index is 14.9. The van der Waals surface area contributed by atoms with E-state index in [0.29, 0.717) is 49.3 Å². The summed E-state index contributed by atoms with van der Waals surface area (Å²) in [6, 6.07) is 3.15. The molecule has 248 valence electrons. The summed E-state index contributed by atoms with van der Waals surface area (Å²) >= 11 is 0. The number of carbonyl (C=O) groups is 2. The molecule has 2 unspecified atom stereocenters. The maximum Gasteiger partial charge on any atom is 0.407 e. The highest BCUT2D eigenvalue weighted by molar-refractivity contribution is 5.94. The van der Waals surface area contributed by atoms with Crippen LogP contribution in [-0.2, 0) is 4.74 Å². The minimum absolute atomic E-state index is 0.135. The molecule has 1 N–H and O–H groups in total. The van der Waals surface area contributed by atoms with Crippen molar-refractivity contribution >= 4 is 24.0 Å². The Morgan fingerprint density at radius 1 is 1.11 bits per heavy atom. The third kappa shape index (κ3) is 7.20. The summed E-state index contributed by atoms with van der Waals surface area (Å²) in [7, 11) is 1.78. The first-order chi connectivity index (χ1) is 21.6. The van der Waals surface area contributed by atoms with E-state index in [0.717, 1.165) is 18.2 Å². The van der Waals surface area contributed by atoms with Crippen LogP contribution in [0.15, 0.2) is 35.1 Å². The lowest BCUT2D eigenvalue weighted by molar-refractivity contribution is 0.0501. The van der Waals surface area contributed by atoms with Gasteiger partial charge in [-0.3, -0.25) is 4.79 Å². The molecule has 46 heavy (non-hydrogen) atoms. The van der Waals surface area contributed by atoms with E-state index in [2.05, 4.69) is 32.3 Å². The van der Waals surface area contributed by atoms with Crippen molar-refractivity contribution in [1.82, 2.24) is 30.3 Å². The molecule has 0 bridgehead atoms.